The minimum atomic E-state index is -0.727. The van der Waals surface area contributed by atoms with Gasteiger partial charge in [-0.2, -0.15) is 0 Å². The zero-order chi connectivity index (χ0) is 19.7. The lowest BCUT2D eigenvalue weighted by atomic mass is 10.0. The van der Waals surface area contributed by atoms with Crippen LogP contribution >= 0.6 is 35.1 Å². The molecular weight excluding hydrogens is 412 g/mol. The maximum Gasteiger partial charge on any atom is 0.309 e. The smallest absolute Gasteiger partial charge is 0.309 e. The first kappa shape index (κ1) is 20.1. The van der Waals surface area contributed by atoms with Gasteiger partial charge in [-0.15, -0.1) is 23.5 Å². The monoisotopic (exact) mass is 434 g/mol. The SMILES string of the molecule is COC(=O)[C@H]1[C@@H]([C@@H](O)c2ccc(Cl)cc2)[C@@H]1C1(c2ccccc2)SCCCS1. The Morgan fingerprint density at radius 2 is 1.79 bits per heavy atom. The van der Waals surface area contributed by atoms with E-state index < -0.39 is 6.10 Å². The highest BCUT2D eigenvalue weighted by molar-refractivity contribution is 8.18. The third kappa shape index (κ3) is 3.58. The molecule has 6 heteroatoms. The second-order valence-corrected chi connectivity index (χ2v) is 10.6. The molecule has 0 radical (unpaired) electrons. The van der Waals surface area contributed by atoms with Crippen LogP contribution in [0.1, 0.15) is 23.7 Å². The first-order valence-corrected chi connectivity index (χ1v) is 11.8. The fourth-order valence-corrected chi connectivity index (χ4v) is 8.23. The van der Waals surface area contributed by atoms with Crippen molar-refractivity contribution in [1.29, 1.82) is 0 Å². The number of methoxy groups -OCH3 is 1. The van der Waals surface area contributed by atoms with E-state index in [1.54, 1.807) is 12.1 Å². The summed E-state index contributed by atoms with van der Waals surface area (Å²) in [4.78, 5) is 12.6. The number of halogens is 1. The van der Waals surface area contributed by atoms with E-state index in [0.717, 1.165) is 23.5 Å². The predicted octanol–water partition coefficient (Wildman–Crippen LogP) is 5.13. The number of aliphatic hydroxyl groups excluding tert-OH is 1. The fourth-order valence-electron chi connectivity index (χ4n) is 4.31. The first-order chi connectivity index (χ1) is 13.6. The minimum absolute atomic E-state index is 0.0170. The summed E-state index contributed by atoms with van der Waals surface area (Å²) in [5.74, 6) is 1.40. The third-order valence-corrected chi connectivity index (χ3v) is 9.48. The van der Waals surface area contributed by atoms with Gasteiger partial charge in [0.25, 0.3) is 0 Å². The van der Waals surface area contributed by atoms with Crippen molar-refractivity contribution in [1.82, 2.24) is 0 Å². The Hall–Kier alpha value is -1.14. The molecule has 1 N–H and O–H groups in total. The van der Waals surface area contributed by atoms with Gasteiger partial charge in [-0.3, -0.25) is 4.79 Å². The number of esters is 1. The fraction of sp³-hybridized carbons (Fsp3) is 0.409. The molecule has 0 unspecified atom stereocenters. The van der Waals surface area contributed by atoms with Crippen LogP contribution in [0.15, 0.2) is 54.6 Å². The number of carbonyl (C=O) groups excluding carboxylic acids is 1. The molecular formula is C22H23ClO3S2. The zero-order valence-electron chi connectivity index (χ0n) is 15.6. The molecule has 4 rings (SSSR count). The number of rotatable bonds is 5. The summed E-state index contributed by atoms with van der Waals surface area (Å²) in [5.41, 5.74) is 2.01. The number of thioether (sulfide) groups is 2. The highest BCUT2D eigenvalue weighted by Crippen LogP contribution is 2.70. The van der Waals surface area contributed by atoms with Crippen molar-refractivity contribution in [3.8, 4) is 0 Å². The Balaban J connectivity index is 1.72. The summed E-state index contributed by atoms with van der Waals surface area (Å²) in [5, 5.41) is 11.8. The Labute approximate surface area is 179 Å². The first-order valence-electron chi connectivity index (χ1n) is 9.43. The third-order valence-electron chi connectivity index (χ3n) is 5.66. The van der Waals surface area contributed by atoms with Gasteiger partial charge >= 0.3 is 5.97 Å². The number of ether oxygens (including phenoxy) is 1. The predicted molar refractivity (Wildman–Crippen MR) is 117 cm³/mol. The van der Waals surface area contributed by atoms with Crippen molar-refractivity contribution in [2.45, 2.75) is 16.6 Å². The Bertz CT molecular complexity index is 821. The van der Waals surface area contributed by atoms with Crippen LogP contribution in [-0.2, 0) is 13.6 Å². The quantitative estimate of drug-likeness (QED) is 0.661. The molecule has 28 heavy (non-hydrogen) atoms. The van der Waals surface area contributed by atoms with Crippen molar-refractivity contribution >= 4 is 41.1 Å². The van der Waals surface area contributed by atoms with E-state index >= 15 is 0 Å². The lowest BCUT2D eigenvalue weighted by molar-refractivity contribution is -0.143. The molecule has 0 spiro atoms. The summed E-state index contributed by atoms with van der Waals surface area (Å²) in [6, 6.07) is 17.6. The zero-order valence-corrected chi connectivity index (χ0v) is 18.0. The van der Waals surface area contributed by atoms with Gasteiger partial charge in [-0.25, -0.2) is 0 Å². The topological polar surface area (TPSA) is 46.5 Å². The highest BCUT2D eigenvalue weighted by atomic mass is 35.5. The second-order valence-electron chi connectivity index (χ2n) is 7.23. The van der Waals surface area contributed by atoms with Crippen LogP contribution in [0.25, 0.3) is 0 Å². The Morgan fingerprint density at radius 1 is 1.14 bits per heavy atom. The summed E-state index contributed by atoms with van der Waals surface area (Å²) in [7, 11) is 1.43. The summed E-state index contributed by atoms with van der Waals surface area (Å²) < 4.78 is 4.88. The molecule has 3 nitrogen and oxygen atoms in total. The molecule has 1 heterocycles. The lowest BCUT2D eigenvalue weighted by Gasteiger charge is -2.38. The standard InChI is InChI=1S/C22H23ClO3S2/c1-26-21(25)18-17(20(24)14-8-10-16(23)11-9-14)19(18)22(27-12-5-13-28-22)15-6-3-2-4-7-15/h2-4,6-11,17-20,24H,5,12-13H2,1H3/t17-,18+,19+,20+/m1/s1. The van der Waals surface area contributed by atoms with Gasteiger partial charge in [0, 0.05) is 16.9 Å². The molecule has 0 amide bonds. The molecule has 2 aliphatic rings. The van der Waals surface area contributed by atoms with E-state index in [-0.39, 0.29) is 27.8 Å². The van der Waals surface area contributed by atoms with Crippen LogP contribution in [0.4, 0.5) is 0 Å². The normalized spacial score (nSPS) is 27.0. The van der Waals surface area contributed by atoms with Crippen molar-refractivity contribution in [2.24, 2.45) is 17.8 Å². The molecule has 148 valence electrons. The Kier molecular flexibility index (Phi) is 5.98. The van der Waals surface area contributed by atoms with Crippen LogP contribution in [0, 0.1) is 17.8 Å². The van der Waals surface area contributed by atoms with E-state index in [1.165, 1.54) is 12.7 Å². The van der Waals surface area contributed by atoms with E-state index in [0.29, 0.717) is 5.02 Å². The average Bonchev–Trinajstić information content (AvgIpc) is 3.51. The summed E-state index contributed by atoms with van der Waals surface area (Å²) >= 11 is 9.82. The molecule has 1 saturated carbocycles. The number of benzene rings is 2. The van der Waals surface area contributed by atoms with E-state index in [9.17, 15) is 9.90 Å². The molecule has 2 aromatic rings. The van der Waals surface area contributed by atoms with Crippen LogP contribution in [0.2, 0.25) is 5.02 Å². The number of hydrogen-bond acceptors (Lipinski definition) is 5. The molecule has 2 aromatic carbocycles. The molecule has 4 atom stereocenters. The van der Waals surface area contributed by atoms with Gasteiger partial charge < -0.3 is 9.84 Å². The van der Waals surface area contributed by atoms with Gasteiger partial charge in [0.05, 0.1) is 23.2 Å². The Morgan fingerprint density at radius 3 is 2.39 bits per heavy atom. The molecule has 0 aromatic heterocycles. The lowest BCUT2D eigenvalue weighted by Crippen LogP contribution is -2.28. The van der Waals surface area contributed by atoms with Crippen molar-refractivity contribution in [2.75, 3.05) is 18.6 Å². The minimum Gasteiger partial charge on any atom is -0.469 e. The van der Waals surface area contributed by atoms with Crippen molar-refractivity contribution in [3.05, 3.63) is 70.7 Å². The van der Waals surface area contributed by atoms with Crippen LogP contribution in [0.5, 0.6) is 0 Å². The van der Waals surface area contributed by atoms with Gasteiger partial charge in [-0.1, -0.05) is 54.1 Å². The average molecular weight is 435 g/mol. The maximum absolute atomic E-state index is 12.6. The van der Waals surface area contributed by atoms with E-state index in [1.807, 2.05) is 53.9 Å². The number of carbonyl (C=O) groups is 1. The largest absolute Gasteiger partial charge is 0.469 e. The highest BCUT2D eigenvalue weighted by Gasteiger charge is 2.68. The molecule has 1 saturated heterocycles. The van der Waals surface area contributed by atoms with E-state index in [2.05, 4.69) is 12.1 Å². The molecule has 1 aliphatic carbocycles. The van der Waals surface area contributed by atoms with Crippen LogP contribution in [-0.4, -0.2) is 29.7 Å². The number of hydrogen-bond donors (Lipinski definition) is 1. The summed E-state index contributed by atoms with van der Waals surface area (Å²) in [6.07, 6.45) is 0.430. The van der Waals surface area contributed by atoms with Crippen LogP contribution in [0.3, 0.4) is 0 Å². The number of aliphatic hydroxyl groups is 1. The van der Waals surface area contributed by atoms with Gasteiger partial charge in [0.1, 0.15) is 0 Å². The van der Waals surface area contributed by atoms with E-state index in [4.69, 9.17) is 16.3 Å². The maximum atomic E-state index is 12.6. The molecule has 1 aliphatic heterocycles. The molecule has 2 fully saturated rings. The van der Waals surface area contributed by atoms with Gasteiger partial charge in [-0.05, 0) is 41.2 Å². The molecule has 0 bridgehead atoms. The van der Waals surface area contributed by atoms with Gasteiger partial charge in [0.15, 0.2) is 0 Å². The van der Waals surface area contributed by atoms with Crippen molar-refractivity contribution in [3.63, 3.8) is 0 Å². The van der Waals surface area contributed by atoms with Crippen LogP contribution < -0.4 is 0 Å². The van der Waals surface area contributed by atoms with Crippen molar-refractivity contribution < 1.29 is 14.6 Å². The van der Waals surface area contributed by atoms with Gasteiger partial charge in [0.2, 0.25) is 0 Å². The second kappa shape index (κ2) is 8.31. The summed E-state index contributed by atoms with van der Waals surface area (Å²) in [6.45, 7) is 0.